The number of rotatable bonds is 7. The molecular weight excluding hydrogens is 306 g/mol. The Balaban J connectivity index is 2.92. The first-order chi connectivity index (χ1) is 10.4. The fraction of sp³-hybridized carbons (Fsp3) is 0.533. The summed E-state index contributed by atoms with van der Waals surface area (Å²) >= 11 is 1.31. The van der Waals surface area contributed by atoms with E-state index in [1.807, 2.05) is 13.8 Å². The number of thiophene rings is 1. The highest BCUT2D eigenvalue weighted by molar-refractivity contribution is 7.16. The van der Waals surface area contributed by atoms with E-state index < -0.39 is 17.8 Å². The minimum atomic E-state index is -0.476. The van der Waals surface area contributed by atoms with Crippen molar-refractivity contribution in [3.63, 3.8) is 0 Å². The van der Waals surface area contributed by atoms with Gasteiger partial charge in [0.25, 0.3) is 5.91 Å². The molecule has 1 rings (SSSR count). The molecule has 0 bridgehead atoms. The number of amides is 1. The average Bonchev–Trinajstić information content (AvgIpc) is 2.80. The number of anilines is 1. The van der Waals surface area contributed by atoms with Gasteiger partial charge in [0, 0.05) is 11.3 Å². The predicted octanol–water partition coefficient (Wildman–Crippen LogP) is 2.69. The van der Waals surface area contributed by atoms with Crippen LogP contribution in [0.15, 0.2) is 0 Å². The summed E-state index contributed by atoms with van der Waals surface area (Å²) in [6, 6.07) is 0. The summed E-state index contributed by atoms with van der Waals surface area (Å²) in [4.78, 5) is 36.0. The lowest BCUT2D eigenvalue weighted by Crippen LogP contribution is -2.21. The fourth-order valence-electron chi connectivity index (χ4n) is 1.92. The summed E-state index contributed by atoms with van der Waals surface area (Å²) in [6.45, 7) is 7.09. The van der Waals surface area contributed by atoms with Crippen LogP contribution in [-0.2, 0) is 25.5 Å². The molecule has 0 fully saturated rings. The van der Waals surface area contributed by atoms with Crippen molar-refractivity contribution in [1.29, 1.82) is 0 Å². The summed E-state index contributed by atoms with van der Waals surface area (Å²) in [5.74, 6) is -1.38. The van der Waals surface area contributed by atoms with Crippen LogP contribution in [0, 0.1) is 6.92 Å². The third-order valence-corrected chi connectivity index (χ3v) is 4.01. The Morgan fingerprint density at radius 1 is 1.14 bits per heavy atom. The highest BCUT2D eigenvalue weighted by atomic mass is 32.1. The van der Waals surface area contributed by atoms with Crippen molar-refractivity contribution in [2.45, 2.75) is 40.5 Å². The van der Waals surface area contributed by atoms with Crippen LogP contribution in [0.2, 0.25) is 0 Å². The van der Waals surface area contributed by atoms with E-state index in [4.69, 9.17) is 9.47 Å². The van der Waals surface area contributed by atoms with Crippen molar-refractivity contribution in [2.24, 2.45) is 0 Å². The van der Waals surface area contributed by atoms with Crippen molar-refractivity contribution in [1.82, 2.24) is 0 Å². The van der Waals surface area contributed by atoms with Crippen LogP contribution in [0.1, 0.15) is 48.0 Å². The molecular formula is C15H21NO5S. The largest absolute Gasteiger partial charge is 0.462 e. The van der Waals surface area contributed by atoms with E-state index in [1.165, 1.54) is 11.3 Å². The summed E-state index contributed by atoms with van der Waals surface area (Å²) in [7, 11) is 0. The van der Waals surface area contributed by atoms with Gasteiger partial charge < -0.3 is 14.8 Å². The molecule has 0 aliphatic rings. The quantitative estimate of drug-likeness (QED) is 0.779. The van der Waals surface area contributed by atoms with Gasteiger partial charge in [-0.15, -0.1) is 11.3 Å². The van der Waals surface area contributed by atoms with Gasteiger partial charge in [0.15, 0.2) is 6.61 Å². The number of hydrogen-bond acceptors (Lipinski definition) is 6. The monoisotopic (exact) mass is 327 g/mol. The number of aryl methyl sites for hydroxylation is 1. The SMILES string of the molecule is CCOC(=O)c1c(NC(=O)COC(=O)CC)sc(C)c1CC. The molecule has 22 heavy (non-hydrogen) atoms. The minimum absolute atomic E-state index is 0.208. The number of carbonyl (C=O) groups is 3. The van der Waals surface area contributed by atoms with Crippen LogP contribution in [0.25, 0.3) is 0 Å². The van der Waals surface area contributed by atoms with Gasteiger partial charge in [-0.05, 0) is 25.8 Å². The van der Waals surface area contributed by atoms with Crippen LogP contribution >= 0.6 is 11.3 Å². The topological polar surface area (TPSA) is 81.7 Å². The molecule has 0 unspecified atom stereocenters. The van der Waals surface area contributed by atoms with Gasteiger partial charge in [-0.3, -0.25) is 9.59 Å². The maximum Gasteiger partial charge on any atom is 0.341 e. The molecule has 0 atom stereocenters. The van der Waals surface area contributed by atoms with Crippen LogP contribution in [-0.4, -0.2) is 31.1 Å². The molecule has 1 amide bonds. The van der Waals surface area contributed by atoms with E-state index in [9.17, 15) is 14.4 Å². The normalized spacial score (nSPS) is 10.2. The van der Waals surface area contributed by atoms with Gasteiger partial charge in [0.1, 0.15) is 5.00 Å². The second-order valence-corrected chi connectivity index (χ2v) is 5.70. The Morgan fingerprint density at radius 3 is 2.36 bits per heavy atom. The third kappa shape index (κ3) is 4.56. The van der Waals surface area contributed by atoms with Crippen LogP contribution in [0.5, 0.6) is 0 Å². The van der Waals surface area contributed by atoms with E-state index in [0.29, 0.717) is 17.0 Å². The molecule has 0 aliphatic heterocycles. The van der Waals surface area contributed by atoms with Crippen molar-refractivity contribution >= 4 is 34.2 Å². The highest BCUT2D eigenvalue weighted by Gasteiger charge is 2.23. The zero-order valence-corrected chi connectivity index (χ0v) is 14.1. The fourth-order valence-corrected chi connectivity index (χ4v) is 3.07. The van der Waals surface area contributed by atoms with E-state index >= 15 is 0 Å². The zero-order chi connectivity index (χ0) is 16.7. The van der Waals surface area contributed by atoms with E-state index in [1.54, 1.807) is 13.8 Å². The third-order valence-electron chi connectivity index (χ3n) is 2.95. The van der Waals surface area contributed by atoms with E-state index in [2.05, 4.69) is 5.32 Å². The summed E-state index contributed by atoms with van der Waals surface area (Å²) in [6.07, 6.45) is 0.872. The molecule has 0 saturated heterocycles. The van der Waals surface area contributed by atoms with Crippen molar-refractivity contribution in [3.05, 3.63) is 16.0 Å². The maximum atomic E-state index is 12.1. The molecule has 0 saturated carbocycles. The molecule has 0 radical (unpaired) electrons. The highest BCUT2D eigenvalue weighted by Crippen LogP contribution is 2.34. The maximum absolute atomic E-state index is 12.1. The summed E-state index contributed by atoms with van der Waals surface area (Å²) in [5, 5.41) is 3.06. The van der Waals surface area contributed by atoms with E-state index in [0.717, 1.165) is 10.4 Å². The zero-order valence-electron chi connectivity index (χ0n) is 13.3. The molecule has 0 aromatic carbocycles. The standard InChI is InChI=1S/C15H21NO5S/c1-5-10-9(4)22-14(13(10)15(19)20-7-3)16-11(17)8-21-12(18)6-2/h5-8H2,1-4H3,(H,16,17). The Morgan fingerprint density at radius 2 is 1.82 bits per heavy atom. The second kappa shape index (κ2) is 8.53. The predicted molar refractivity (Wildman–Crippen MR) is 84.3 cm³/mol. The van der Waals surface area contributed by atoms with Crippen molar-refractivity contribution < 1.29 is 23.9 Å². The average molecular weight is 327 g/mol. The first kappa shape index (κ1) is 18.2. The molecule has 1 aromatic heterocycles. The second-order valence-electron chi connectivity index (χ2n) is 4.48. The molecule has 1 heterocycles. The Bertz CT molecular complexity index is 565. The number of hydrogen-bond donors (Lipinski definition) is 1. The molecule has 1 N–H and O–H groups in total. The smallest absolute Gasteiger partial charge is 0.341 e. The van der Waals surface area contributed by atoms with Gasteiger partial charge in [-0.1, -0.05) is 13.8 Å². The lowest BCUT2D eigenvalue weighted by molar-refractivity contribution is -0.146. The molecule has 122 valence electrons. The van der Waals surface area contributed by atoms with Gasteiger partial charge in [0.2, 0.25) is 0 Å². The van der Waals surface area contributed by atoms with Gasteiger partial charge in [0.05, 0.1) is 12.2 Å². The first-order valence-electron chi connectivity index (χ1n) is 7.19. The Hall–Kier alpha value is -1.89. The molecule has 0 aliphatic carbocycles. The van der Waals surface area contributed by atoms with E-state index in [-0.39, 0.29) is 19.6 Å². The first-order valence-corrected chi connectivity index (χ1v) is 8.00. The molecule has 6 nitrogen and oxygen atoms in total. The lowest BCUT2D eigenvalue weighted by atomic mass is 10.1. The summed E-state index contributed by atoms with van der Waals surface area (Å²) < 4.78 is 9.83. The van der Waals surface area contributed by atoms with Gasteiger partial charge >= 0.3 is 11.9 Å². The lowest BCUT2D eigenvalue weighted by Gasteiger charge is -2.08. The van der Waals surface area contributed by atoms with Crippen molar-refractivity contribution in [2.75, 3.05) is 18.5 Å². The number of ether oxygens (including phenoxy) is 2. The molecule has 7 heteroatoms. The summed E-state index contributed by atoms with van der Waals surface area (Å²) in [5.41, 5.74) is 1.26. The Kier molecular flexibility index (Phi) is 7.04. The number of carbonyl (C=O) groups excluding carboxylic acids is 3. The van der Waals surface area contributed by atoms with Gasteiger partial charge in [-0.2, -0.15) is 0 Å². The number of nitrogens with one attached hydrogen (secondary N) is 1. The van der Waals surface area contributed by atoms with Crippen molar-refractivity contribution in [3.8, 4) is 0 Å². The van der Waals surface area contributed by atoms with Crippen LogP contribution in [0.4, 0.5) is 5.00 Å². The molecule has 1 aromatic rings. The van der Waals surface area contributed by atoms with Gasteiger partial charge in [-0.25, -0.2) is 4.79 Å². The van der Waals surface area contributed by atoms with Crippen LogP contribution < -0.4 is 5.32 Å². The Labute approximate surface area is 133 Å². The minimum Gasteiger partial charge on any atom is -0.462 e. The number of esters is 2. The molecule has 0 spiro atoms. The van der Waals surface area contributed by atoms with Crippen LogP contribution in [0.3, 0.4) is 0 Å².